The van der Waals surface area contributed by atoms with Crippen LogP contribution in [0.3, 0.4) is 0 Å². The number of likely N-dealkylation sites (N-methyl/N-ethyl adjacent to an activating group) is 1. The zero-order chi connectivity index (χ0) is 24.3. The Bertz CT molecular complexity index is 1120. The maximum absolute atomic E-state index is 12.8. The average molecular weight is 479 g/mol. The van der Waals surface area contributed by atoms with Crippen LogP contribution in [0.5, 0.6) is 0 Å². The number of hydrogen-bond donors (Lipinski definition) is 0. The molecule has 0 saturated carbocycles. The highest BCUT2D eigenvalue weighted by Crippen LogP contribution is 2.23. The first-order chi connectivity index (χ1) is 15.5. The van der Waals surface area contributed by atoms with E-state index in [1.807, 2.05) is 16.4 Å². The molecule has 1 aliphatic rings. The molecule has 1 aromatic heterocycles. The van der Waals surface area contributed by atoms with E-state index in [2.05, 4.69) is 9.88 Å². The van der Waals surface area contributed by atoms with Crippen LogP contribution in [0.1, 0.15) is 19.2 Å². The molecule has 10 nitrogen and oxygen atoms in total. The summed E-state index contributed by atoms with van der Waals surface area (Å²) >= 11 is 0. The summed E-state index contributed by atoms with van der Waals surface area (Å²) in [4.78, 5) is 35.0. The fourth-order valence-corrected chi connectivity index (χ4v) is 4.86. The lowest BCUT2D eigenvalue weighted by Crippen LogP contribution is -2.51. The van der Waals surface area contributed by atoms with Gasteiger partial charge in [-0.05, 0) is 25.1 Å². The van der Waals surface area contributed by atoms with E-state index in [1.54, 1.807) is 37.2 Å². The molecular formula is C22H34N6O4S. The number of carbonyl (C=O) groups excluding carboxylic acids is 2. The van der Waals surface area contributed by atoms with Crippen molar-refractivity contribution in [3.63, 3.8) is 0 Å². The van der Waals surface area contributed by atoms with Crippen LogP contribution in [-0.4, -0.2) is 110 Å². The van der Waals surface area contributed by atoms with Gasteiger partial charge in [-0.1, -0.05) is 0 Å². The molecule has 0 atom stereocenters. The lowest BCUT2D eigenvalue weighted by Gasteiger charge is -2.34. The van der Waals surface area contributed by atoms with Crippen molar-refractivity contribution in [1.82, 2.24) is 28.6 Å². The first-order valence-electron chi connectivity index (χ1n) is 11.2. The summed E-state index contributed by atoms with van der Waals surface area (Å²) in [5, 5.41) is 0. The monoisotopic (exact) mass is 478 g/mol. The Morgan fingerprint density at radius 2 is 1.73 bits per heavy atom. The molecule has 0 spiro atoms. The van der Waals surface area contributed by atoms with Gasteiger partial charge in [-0.2, -0.15) is 0 Å². The molecule has 2 heterocycles. The topological polar surface area (TPSA) is 99.1 Å². The Kier molecular flexibility index (Phi) is 7.76. The summed E-state index contributed by atoms with van der Waals surface area (Å²) in [6.45, 7) is 5.64. The number of hydrogen-bond acceptors (Lipinski definition) is 6. The van der Waals surface area contributed by atoms with Gasteiger partial charge in [0.25, 0.3) is 0 Å². The van der Waals surface area contributed by atoms with Crippen molar-refractivity contribution in [2.75, 3.05) is 60.9 Å². The predicted molar refractivity (Wildman–Crippen MR) is 126 cm³/mol. The van der Waals surface area contributed by atoms with Crippen LogP contribution in [0.4, 0.5) is 0 Å². The third kappa shape index (κ3) is 5.53. The van der Waals surface area contributed by atoms with Crippen LogP contribution in [0, 0.1) is 0 Å². The summed E-state index contributed by atoms with van der Waals surface area (Å²) in [6, 6.07) is 4.97. The standard InChI is InChI=1S/C22H34N6O4S/c1-6-28-19-8-7-17(33(31,32)25(4)5)15-18(19)23-20(28)9-10-21(29)27-13-11-26(12-14-27)16-22(30)24(2)3/h7-8,15H,6,9-14,16H2,1-5H3. The van der Waals surface area contributed by atoms with Crippen molar-refractivity contribution in [1.29, 1.82) is 0 Å². The van der Waals surface area contributed by atoms with Gasteiger partial charge in [-0.25, -0.2) is 17.7 Å². The molecule has 1 saturated heterocycles. The minimum Gasteiger partial charge on any atom is -0.348 e. The van der Waals surface area contributed by atoms with Crippen molar-refractivity contribution < 1.29 is 18.0 Å². The van der Waals surface area contributed by atoms with Crippen LogP contribution in [0.25, 0.3) is 11.0 Å². The molecule has 33 heavy (non-hydrogen) atoms. The number of piperazine rings is 1. The number of rotatable bonds is 8. The smallest absolute Gasteiger partial charge is 0.242 e. The zero-order valence-corrected chi connectivity index (χ0v) is 20.9. The number of sulfonamides is 1. The highest BCUT2D eigenvalue weighted by Gasteiger charge is 2.24. The van der Waals surface area contributed by atoms with Gasteiger partial charge in [-0.3, -0.25) is 14.5 Å². The minimum atomic E-state index is -3.54. The van der Waals surface area contributed by atoms with Crippen molar-refractivity contribution in [2.24, 2.45) is 0 Å². The number of aryl methyl sites for hydroxylation is 2. The summed E-state index contributed by atoms with van der Waals surface area (Å²) in [7, 11) is 2.95. The Morgan fingerprint density at radius 1 is 1.06 bits per heavy atom. The fraction of sp³-hybridized carbons (Fsp3) is 0.591. The minimum absolute atomic E-state index is 0.0646. The Balaban J connectivity index is 1.65. The number of nitrogens with zero attached hydrogens (tertiary/aromatic N) is 6. The van der Waals surface area contributed by atoms with E-state index in [1.165, 1.54) is 18.4 Å². The van der Waals surface area contributed by atoms with Crippen LogP contribution in [0.15, 0.2) is 23.1 Å². The van der Waals surface area contributed by atoms with Gasteiger partial charge >= 0.3 is 0 Å². The van der Waals surface area contributed by atoms with E-state index in [9.17, 15) is 18.0 Å². The summed E-state index contributed by atoms with van der Waals surface area (Å²) in [5.74, 6) is 0.907. The Morgan fingerprint density at radius 3 is 2.30 bits per heavy atom. The fourth-order valence-electron chi connectivity index (χ4n) is 3.94. The third-order valence-corrected chi connectivity index (χ3v) is 7.85. The molecule has 1 fully saturated rings. The van der Waals surface area contributed by atoms with Crippen LogP contribution in [0.2, 0.25) is 0 Å². The van der Waals surface area contributed by atoms with Gasteiger partial charge < -0.3 is 14.4 Å². The first-order valence-corrected chi connectivity index (χ1v) is 12.6. The average Bonchev–Trinajstić information content (AvgIpc) is 3.14. The normalized spacial score (nSPS) is 15.4. The van der Waals surface area contributed by atoms with E-state index in [4.69, 9.17) is 0 Å². The van der Waals surface area contributed by atoms with Crippen molar-refractivity contribution in [3.8, 4) is 0 Å². The second kappa shape index (κ2) is 10.2. The number of imidazole rings is 1. The van der Waals surface area contributed by atoms with Gasteiger partial charge in [0.05, 0.1) is 22.5 Å². The molecule has 2 aromatic rings. The molecule has 11 heteroatoms. The first kappa shape index (κ1) is 25.1. The van der Waals surface area contributed by atoms with E-state index in [-0.39, 0.29) is 16.7 Å². The Hall–Kier alpha value is -2.50. The Labute approximate surface area is 195 Å². The molecule has 0 radical (unpaired) electrons. The molecule has 0 unspecified atom stereocenters. The predicted octanol–water partition coefficient (Wildman–Crippen LogP) is 0.472. The number of aromatic nitrogens is 2. The quantitative estimate of drug-likeness (QED) is 0.547. The van der Waals surface area contributed by atoms with Gasteiger partial charge in [0.1, 0.15) is 5.82 Å². The van der Waals surface area contributed by atoms with E-state index < -0.39 is 10.0 Å². The summed E-state index contributed by atoms with van der Waals surface area (Å²) in [6.07, 6.45) is 0.819. The molecule has 182 valence electrons. The second-order valence-electron chi connectivity index (χ2n) is 8.66. The lowest BCUT2D eigenvalue weighted by atomic mass is 10.2. The maximum Gasteiger partial charge on any atom is 0.242 e. The van der Waals surface area contributed by atoms with E-state index in [0.717, 1.165) is 11.3 Å². The van der Waals surface area contributed by atoms with E-state index in [0.29, 0.717) is 57.6 Å². The SMILES string of the molecule is CCn1c(CCC(=O)N2CCN(CC(=O)N(C)C)CC2)nc2cc(S(=O)(=O)N(C)C)ccc21. The van der Waals surface area contributed by atoms with Crippen LogP contribution >= 0.6 is 0 Å². The van der Waals surface area contributed by atoms with E-state index >= 15 is 0 Å². The lowest BCUT2D eigenvalue weighted by molar-refractivity contribution is -0.134. The highest BCUT2D eigenvalue weighted by atomic mass is 32.2. The zero-order valence-electron chi connectivity index (χ0n) is 20.1. The number of carbonyl (C=O) groups is 2. The van der Waals surface area contributed by atoms with Gasteiger partial charge in [0, 0.05) is 73.8 Å². The summed E-state index contributed by atoms with van der Waals surface area (Å²) in [5.41, 5.74) is 1.47. The van der Waals surface area contributed by atoms with Crippen molar-refractivity contribution in [3.05, 3.63) is 24.0 Å². The number of fused-ring (bicyclic) bond motifs is 1. The summed E-state index contributed by atoms with van der Waals surface area (Å²) < 4.78 is 28.1. The molecule has 0 bridgehead atoms. The number of amides is 2. The second-order valence-corrected chi connectivity index (χ2v) is 10.8. The molecule has 0 aliphatic carbocycles. The molecule has 2 amide bonds. The molecule has 3 rings (SSSR count). The maximum atomic E-state index is 12.8. The van der Waals surface area contributed by atoms with Crippen LogP contribution < -0.4 is 0 Å². The third-order valence-electron chi connectivity index (χ3n) is 6.04. The molecule has 1 aromatic carbocycles. The molecular weight excluding hydrogens is 444 g/mol. The van der Waals surface area contributed by atoms with Gasteiger partial charge in [-0.15, -0.1) is 0 Å². The van der Waals surface area contributed by atoms with Crippen molar-refractivity contribution in [2.45, 2.75) is 31.2 Å². The van der Waals surface area contributed by atoms with Gasteiger partial charge in [0.15, 0.2) is 0 Å². The molecule has 0 N–H and O–H groups in total. The number of benzene rings is 1. The van der Waals surface area contributed by atoms with Crippen LogP contribution in [-0.2, 0) is 32.6 Å². The molecule has 1 aliphatic heterocycles. The van der Waals surface area contributed by atoms with Crippen molar-refractivity contribution >= 4 is 32.9 Å². The van der Waals surface area contributed by atoms with Gasteiger partial charge in [0.2, 0.25) is 21.8 Å². The highest BCUT2D eigenvalue weighted by molar-refractivity contribution is 7.89. The largest absolute Gasteiger partial charge is 0.348 e.